The van der Waals surface area contributed by atoms with Crippen LogP contribution in [-0.4, -0.2) is 39.6 Å². The Morgan fingerprint density at radius 1 is 1.25 bits per heavy atom. The van der Waals surface area contributed by atoms with Crippen LogP contribution in [0.1, 0.15) is 6.92 Å². The van der Waals surface area contributed by atoms with Crippen molar-refractivity contribution in [2.75, 3.05) is 24.6 Å². The molecule has 150 valence electrons. The Labute approximate surface area is 166 Å². The monoisotopic (exact) mass is 428 g/mol. The van der Waals surface area contributed by atoms with Crippen molar-refractivity contribution in [3.63, 3.8) is 0 Å². The van der Waals surface area contributed by atoms with Gasteiger partial charge in [0.15, 0.2) is 4.90 Å². The molecule has 9 nitrogen and oxygen atoms in total. The Hall–Kier alpha value is -2.85. The van der Waals surface area contributed by atoms with Gasteiger partial charge in [0.1, 0.15) is 12.3 Å². The molecule has 0 spiro atoms. The van der Waals surface area contributed by atoms with E-state index in [1.54, 1.807) is 6.92 Å². The zero-order valence-corrected chi connectivity index (χ0v) is 16.6. The summed E-state index contributed by atoms with van der Waals surface area (Å²) >= 11 is 5.99. The van der Waals surface area contributed by atoms with E-state index in [1.807, 2.05) is 0 Å². The number of benzene rings is 2. The fraction of sp³-hybridized carbons (Fsp3) is 0.235. The molecule has 0 unspecified atom stereocenters. The van der Waals surface area contributed by atoms with Gasteiger partial charge in [0.05, 0.1) is 24.3 Å². The lowest BCUT2D eigenvalue weighted by Gasteiger charge is -2.25. The largest absolute Gasteiger partial charge is 0.495 e. The highest BCUT2D eigenvalue weighted by Gasteiger charge is 2.35. The number of rotatable bonds is 8. The number of hydrogen-bond acceptors (Lipinski definition) is 7. The van der Waals surface area contributed by atoms with Gasteiger partial charge in [-0.05, 0) is 31.2 Å². The first kappa shape index (κ1) is 21.5. The summed E-state index contributed by atoms with van der Waals surface area (Å²) in [6.07, 6.45) is 0. The Bertz CT molecular complexity index is 995. The van der Waals surface area contributed by atoms with Gasteiger partial charge in [0.2, 0.25) is 0 Å². The second-order valence-corrected chi connectivity index (χ2v) is 7.62. The number of methoxy groups -OCH3 is 1. The molecule has 0 aliphatic rings. The number of carbonyl (C=O) groups is 1. The number of ether oxygens (including phenoxy) is 2. The van der Waals surface area contributed by atoms with Crippen molar-refractivity contribution in [1.29, 1.82) is 0 Å². The maximum Gasteiger partial charge on any atom is 0.326 e. The van der Waals surface area contributed by atoms with Crippen molar-refractivity contribution in [2.45, 2.75) is 11.8 Å². The van der Waals surface area contributed by atoms with Crippen LogP contribution in [0.5, 0.6) is 5.75 Å². The van der Waals surface area contributed by atoms with Gasteiger partial charge in [-0.1, -0.05) is 23.7 Å². The van der Waals surface area contributed by atoms with Gasteiger partial charge in [-0.3, -0.25) is 19.2 Å². The first-order valence-corrected chi connectivity index (χ1v) is 9.79. The van der Waals surface area contributed by atoms with Gasteiger partial charge in [-0.25, -0.2) is 8.42 Å². The summed E-state index contributed by atoms with van der Waals surface area (Å²) in [4.78, 5) is 22.0. The average molecular weight is 429 g/mol. The van der Waals surface area contributed by atoms with E-state index in [0.29, 0.717) is 4.31 Å². The predicted molar refractivity (Wildman–Crippen MR) is 102 cm³/mol. The molecule has 0 fully saturated rings. The highest BCUT2D eigenvalue weighted by Crippen LogP contribution is 2.36. The summed E-state index contributed by atoms with van der Waals surface area (Å²) in [6.45, 7) is 0.878. The molecule has 28 heavy (non-hydrogen) atoms. The smallest absolute Gasteiger partial charge is 0.326 e. The van der Waals surface area contributed by atoms with Crippen molar-refractivity contribution < 1.29 is 27.6 Å². The van der Waals surface area contributed by atoms with Crippen LogP contribution in [0.15, 0.2) is 47.4 Å². The zero-order chi connectivity index (χ0) is 20.9. The summed E-state index contributed by atoms with van der Waals surface area (Å²) in [7, 11) is -3.23. The number of halogens is 1. The van der Waals surface area contributed by atoms with Crippen LogP contribution in [0.4, 0.5) is 11.4 Å². The quantitative estimate of drug-likeness (QED) is 0.360. The van der Waals surface area contributed by atoms with E-state index in [9.17, 15) is 23.3 Å². The minimum Gasteiger partial charge on any atom is -0.495 e. The first-order valence-electron chi connectivity index (χ1n) is 7.97. The fourth-order valence-electron chi connectivity index (χ4n) is 2.43. The Morgan fingerprint density at radius 3 is 2.54 bits per heavy atom. The number of carbonyl (C=O) groups excluding carboxylic acids is 1. The summed E-state index contributed by atoms with van der Waals surface area (Å²) < 4.78 is 37.3. The van der Waals surface area contributed by atoms with Gasteiger partial charge in [0.25, 0.3) is 15.7 Å². The number of anilines is 1. The number of hydrogen-bond donors (Lipinski definition) is 0. The summed E-state index contributed by atoms with van der Waals surface area (Å²) in [6, 6.07) is 9.01. The van der Waals surface area contributed by atoms with Crippen LogP contribution in [0.2, 0.25) is 5.02 Å². The van der Waals surface area contributed by atoms with Crippen LogP contribution < -0.4 is 9.04 Å². The third-order valence-electron chi connectivity index (χ3n) is 3.62. The van der Waals surface area contributed by atoms with Crippen molar-refractivity contribution in [1.82, 2.24) is 0 Å². The molecule has 0 saturated heterocycles. The molecule has 0 N–H and O–H groups in total. The van der Waals surface area contributed by atoms with E-state index in [4.69, 9.17) is 21.1 Å². The van der Waals surface area contributed by atoms with Gasteiger partial charge < -0.3 is 9.47 Å². The summed E-state index contributed by atoms with van der Waals surface area (Å²) in [5, 5.41) is 11.5. The van der Waals surface area contributed by atoms with Crippen LogP contribution in [-0.2, 0) is 19.6 Å². The van der Waals surface area contributed by atoms with E-state index >= 15 is 0 Å². The molecule has 2 aromatic rings. The maximum atomic E-state index is 13.3. The predicted octanol–water partition coefficient (Wildman–Crippen LogP) is 3.02. The molecular formula is C17H17ClN2O7S. The molecular weight excluding hydrogens is 412 g/mol. The van der Waals surface area contributed by atoms with E-state index in [1.165, 1.54) is 37.4 Å². The zero-order valence-electron chi connectivity index (χ0n) is 15.0. The second-order valence-electron chi connectivity index (χ2n) is 5.36. The third-order valence-corrected chi connectivity index (χ3v) is 5.66. The molecule has 0 atom stereocenters. The molecule has 2 rings (SSSR count). The summed E-state index contributed by atoms with van der Waals surface area (Å²) in [5.41, 5.74) is -0.682. The van der Waals surface area contributed by atoms with Crippen LogP contribution in [0, 0.1) is 10.1 Å². The van der Waals surface area contributed by atoms with Gasteiger partial charge in [-0.15, -0.1) is 0 Å². The lowest BCUT2D eigenvalue weighted by atomic mass is 10.3. The molecule has 11 heteroatoms. The molecule has 0 aliphatic carbocycles. The first-order chi connectivity index (χ1) is 13.2. The van der Waals surface area contributed by atoms with Gasteiger partial charge in [0, 0.05) is 11.1 Å². The summed E-state index contributed by atoms with van der Waals surface area (Å²) in [5.74, 6) is -0.734. The highest BCUT2D eigenvalue weighted by molar-refractivity contribution is 7.93. The topological polar surface area (TPSA) is 116 Å². The molecule has 0 amide bonds. The molecule has 0 aromatic heterocycles. The third kappa shape index (κ3) is 4.52. The van der Waals surface area contributed by atoms with E-state index < -0.39 is 38.0 Å². The lowest BCUT2D eigenvalue weighted by Crippen LogP contribution is -2.37. The van der Waals surface area contributed by atoms with Crippen molar-refractivity contribution in [2.24, 2.45) is 0 Å². The molecule has 0 heterocycles. The Balaban J connectivity index is 2.71. The molecule has 0 aliphatic heterocycles. The van der Waals surface area contributed by atoms with Crippen LogP contribution in [0.25, 0.3) is 0 Å². The number of nitrogens with zero attached hydrogens (tertiary/aromatic N) is 2. The van der Waals surface area contributed by atoms with Crippen LogP contribution >= 0.6 is 11.6 Å². The van der Waals surface area contributed by atoms with Crippen LogP contribution in [0.3, 0.4) is 0 Å². The van der Waals surface area contributed by atoms with Gasteiger partial charge in [-0.2, -0.15) is 0 Å². The highest BCUT2D eigenvalue weighted by atomic mass is 35.5. The van der Waals surface area contributed by atoms with Crippen molar-refractivity contribution in [3.05, 3.63) is 57.6 Å². The minimum absolute atomic E-state index is 0.0326. The van der Waals surface area contributed by atoms with E-state index in [-0.39, 0.29) is 23.1 Å². The molecule has 0 saturated carbocycles. The minimum atomic E-state index is -4.54. The molecule has 0 radical (unpaired) electrons. The van der Waals surface area contributed by atoms with Gasteiger partial charge >= 0.3 is 5.97 Å². The Kier molecular flexibility index (Phi) is 6.81. The average Bonchev–Trinajstić information content (AvgIpc) is 2.66. The lowest BCUT2D eigenvalue weighted by molar-refractivity contribution is -0.387. The SMILES string of the molecule is CCOC(=O)CN(c1cc(Cl)ccc1OC)S(=O)(=O)c1ccccc1[N+](=O)[O-]. The second kappa shape index (κ2) is 8.89. The molecule has 2 aromatic carbocycles. The number of sulfonamides is 1. The Morgan fingerprint density at radius 2 is 1.93 bits per heavy atom. The number of para-hydroxylation sites is 1. The molecule has 0 bridgehead atoms. The number of nitro groups is 1. The number of esters is 1. The number of nitro benzene ring substituents is 1. The maximum absolute atomic E-state index is 13.3. The van der Waals surface area contributed by atoms with E-state index in [0.717, 1.165) is 12.1 Å². The standard InChI is InChI=1S/C17H17ClN2O7S/c1-3-27-17(21)11-19(14-10-12(18)8-9-15(14)26-2)28(24,25)16-7-5-4-6-13(16)20(22)23/h4-10H,3,11H2,1-2H3. The fourth-order valence-corrected chi connectivity index (χ4v) is 4.16. The van der Waals surface area contributed by atoms with E-state index in [2.05, 4.69) is 0 Å². The van der Waals surface area contributed by atoms with Crippen molar-refractivity contribution in [3.8, 4) is 5.75 Å². The normalized spacial score (nSPS) is 11.0. The van der Waals surface area contributed by atoms with Crippen molar-refractivity contribution >= 4 is 39.0 Å².